The zero-order valence-electron chi connectivity index (χ0n) is 17.0. The Morgan fingerprint density at radius 1 is 0.806 bits per heavy atom. The highest BCUT2D eigenvalue weighted by atomic mass is 32.2. The third-order valence-electron chi connectivity index (χ3n) is 4.44. The lowest BCUT2D eigenvalue weighted by Gasteiger charge is -2.19. The Morgan fingerprint density at radius 2 is 1.35 bits per heavy atom. The molecule has 0 amide bonds. The summed E-state index contributed by atoms with van der Waals surface area (Å²) in [6.07, 6.45) is 0. The van der Waals surface area contributed by atoms with Gasteiger partial charge in [-0.3, -0.25) is 4.31 Å². The summed E-state index contributed by atoms with van der Waals surface area (Å²) in [6.45, 7) is 1.98. The van der Waals surface area contributed by atoms with Crippen LogP contribution in [0.4, 0.5) is 5.69 Å². The van der Waals surface area contributed by atoms with Gasteiger partial charge in [-0.05, 0) is 67.6 Å². The molecule has 0 aliphatic carbocycles. The van der Waals surface area contributed by atoms with Crippen molar-refractivity contribution in [3.63, 3.8) is 0 Å². The number of carbonyl (C=O) groups is 2. The number of rotatable bonds is 7. The second-order valence-corrected chi connectivity index (χ2v) is 8.44. The van der Waals surface area contributed by atoms with Gasteiger partial charge in [-0.1, -0.05) is 18.2 Å². The zero-order valence-corrected chi connectivity index (χ0v) is 17.8. The monoisotopic (exact) mass is 439 g/mol. The van der Waals surface area contributed by atoms with Gasteiger partial charge in [0.2, 0.25) is 0 Å². The first-order chi connectivity index (χ1) is 14.8. The van der Waals surface area contributed by atoms with Crippen molar-refractivity contribution in [3.05, 3.63) is 90.0 Å². The molecule has 3 rings (SSSR count). The quantitative estimate of drug-likeness (QED) is 0.410. The first kappa shape index (κ1) is 22.0. The third-order valence-corrected chi connectivity index (χ3v) is 6.24. The molecule has 3 aromatic rings. The minimum Gasteiger partial charge on any atom is -0.462 e. The van der Waals surface area contributed by atoms with E-state index in [2.05, 4.69) is 0 Å². The Kier molecular flexibility index (Phi) is 6.71. The number of nitrogens with zero attached hydrogens (tertiary/aromatic N) is 1. The van der Waals surface area contributed by atoms with Crippen LogP contribution in [0.3, 0.4) is 0 Å². The first-order valence-corrected chi connectivity index (χ1v) is 10.9. The minimum absolute atomic E-state index is 0.0502. The van der Waals surface area contributed by atoms with Gasteiger partial charge in [-0.15, -0.1) is 0 Å². The molecule has 0 N–H and O–H groups in total. The second kappa shape index (κ2) is 9.44. The molecule has 8 heteroatoms. The summed E-state index contributed by atoms with van der Waals surface area (Å²) < 4.78 is 37.0. The summed E-state index contributed by atoms with van der Waals surface area (Å²) in [6, 6.07) is 20.1. The van der Waals surface area contributed by atoms with Crippen LogP contribution in [0.1, 0.15) is 27.6 Å². The molecule has 0 radical (unpaired) electrons. The van der Waals surface area contributed by atoms with E-state index in [9.17, 15) is 18.0 Å². The topological polar surface area (TPSA) is 90.0 Å². The highest BCUT2D eigenvalue weighted by Gasteiger charge is 2.21. The molecule has 0 bridgehead atoms. The molecule has 0 saturated heterocycles. The van der Waals surface area contributed by atoms with Gasteiger partial charge in [0.05, 0.1) is 28.3 Å². The van der Waals surface area contributed by atoms with Gasteiger partial charge in [0.15, 0.2) is 0 Å². The van der Waals surface area contributed by atoms with Gasteiger partial charge in [0.1, 0.15) is 5.75 Å². The molecule has 160 valence electrons. The Hall–Kier alpha value is -3.65. The largest absolute Gasteiger partial charge is 0.462 e. The molecule has 0 atom stereocenters. The molecule has 7 nitrogen and oxygen atoms in total. The molecule has 0 saturated carbocycles. The van der Waals surface area contributed by atoms with Gasteiger partial charge in [-0.2, -0.15) is 0 Å². The van der Waals surface area contributed by atoms with Crippen molar-refractivity contribution < 1.29 is 27.5 Å². The molecule has 0 unspecified atom stereocenters. The molecule has 0 aliphatic heterocycles. The predicted octanol–water partition coefficient (Wildman–Crippen LogP) is 3.91. The van der Waals surface area contributed by atoms with Crippen LogP contribution in [0.25, 0.3) is 0 Å². The molecule has 3 aromatic carbocycles. The van der Waals surface area contributed by atoms with Gasteiger partial charge in [0.25, 0.3) is 10.0 Å². The van der Waals surface area contributed by atoms with Crippen molar-refractivity contribution in [3.8, 4) is 5.75 Å². The van der Waals surface area contributed by atoms with Crippen LogP contribution in [0.5, 0.6) is 5.75 Å². The number of benzene rings is 3. The molecule has 0 spiro atoms. The Morgan fingerprint density at radius 3 is 1.94 bits per heavy atom. The van der Waals surface area contributed by atoms with Crippen LogP contribution in [-0.4, -0.2) is 34.0 Å². The molecule has 0 aromatic heterocycles. The molecular formula is C23H21NO6S. The smallest absolute Gasteiger partial charge is 0.343 e. The number of sulfonamides is 1. The number of anilines is 1. The summed E-state index contributed by atoms with van der Waals surface area (Å²) in [5, 5.41) is 0. The van der Waals surface area contributed by atoms with Crippen LogP contribution >= 0.6 is 0 Å². The fourth-order valence-electron chi connectivity index (χ4n) is 2.74. The van der Waals surface area contributed by atoms with E-state index in [1.807, 2.05) is 0 Å². The van der Waals surface area contributed by atoms with Crippen LogP contribution < -0.4 is 9.04 Å². The lowest BCUT2D eigenvalue weighted by atomic mass is 10.2. The van der Waals surface area contributed by atoms with Gasteiger partial charge < -0.3 is 9.47 Å². The SMILES string of the molecule is CCOC(=O)c1ccc(OC(=O)c2ccc(S(=O)(=O)N(C)c3ccccc3)cc2)cc1. The molecule has 0 aliphatic rings. The van der Waals surface area contributed by atoms with Crippen molar-refractivity contribution in [1.29, 1.82) is 0 Å². The van der Waals surface area contributed by atoms with Gasteiger partial charge in [0, 0.05) is 7.05 Å². The van der Waals surface area contributed by atoms with Crippen LogP contribution in [0, 0.1) is 0 Å². The Labute approximate surface area is 180 Å². The maximum Gasteiger partial charge on any atom is 0.343 e. The lowest BCUT2D eigenvalue weighted by Crippen LogP contribution is -2.26. The predicted molar refractivity (Wildman–Crippen MR) is 116 cm³/mol. The standard InChI is InChI=1S/C23H21NO6S/c1-3-29-22(25)17-9-13-20(14-10-17)30-23(26)18-11-15-21(16-12-18)31(27,28)24(2)19-7-5-4-6-8-19/h4-16H,3H2,1-2H3. The maximum atomic E-state index is 12.8. The number of carbonyl (C=O) groups excluding carboxylic acids is 2. The summed E-state index contributed by atoms with van der Waals surface area (Å²) in [7, 11) is -2.31. The molecule has 0 fully saturated rings. The van der Waals surface area contributed by atoms with E-state index in [1.54, 1.807) is 37.3 Å². The summed E-state index contributed by atoms with van der Waals surface area (Å²) in [4.78, 5) is 24.1. The molecule has 31 heavy (non-hydrogen) atoms. The minimum atomic E-state index is -3.77. The van der Waals surface area contributed by atoms with E-state index in [0.717, 1.165) is 0 Å². The highest BCUT2D eigenvalue weighted by molar-refractivity contribution is 7.92. The molecular weight excluding hydrogens is 418 g/mol. The number of hydrogen-bond acceptors (Lipinski definition) is 6. The van der Waals surface area contributed by atoms with Crippen molar-refractivity contribution >= 4 is 27.6 Å². The maximum absolute atomic E-state index is 12.8. The normalized spacial score (nSPS) is 10.9. The number of esters is 2. The van der Waals surface area contributed by atoms with E-state index >= 15 is 0 Å². The fourth-order valence-corrected chi connectivity index (χ4v) is 3.93. The van der Waals surface area contributed by atoms with Gasteiger partial charge >= 0.3 is 11.9 Å². The Bertz CT molecular complexity index is 1160. The van der Waals surface area contributed by atoms with Crippen molar-refractivity contribution in [1.82, 2.24) is 0 Å². The van der Waals surface area contributed by atoms with Gasteiger partial charge in [-0.25, -0.2) is 18.0 Å². The fraction of sp³-hybridized carbons (Fsp3) is 0.130. The van der Waals surface area contributed by atoms with Crippen molar-refractivity contribution in [2.24, 2.45) is 0 Å². The second-order valence-electron chi connectivity index (χ2n) is 6.47. The zero-order chi connectivity index (χ0) is 22.4. The van der Waals surface area contributed by atoms with Crippen LogP contribution in [-0.2, 0) is 14.8 Å². The van der Waals surface area contributed by atoms with Crippen LogP contribution in [0.2, 0.25) is 0 Å². The number of hydrogen-bond donors (Lipinski definition) is 0. The highest BCUT2D eigenvalue weighted by Crippen LogP contribution is 2.22. The van der Waals surface area contributed by atoms with E-state index in [4.69, 9.17) is 9.47 Å². The average Bonchev–Trinajstić information content (AvgIpc) is 2.79. The number of para-hydroxylation sites is 1. The van der Waals surface area contributed by atoms with E-state index in [1.165, 1.54) is 59.9 Å². The number of ether oxygens (including phenoxy) is 2. The van der Waals surface area contributed by atoms with E-state index in [0.29, 0.717) is 11.3 Å². The summed E-state index contributed by atoms with van der Waals surface area (Å²) >= 11 is 0. The lowest BCUT2D eigenvalue weighted by molar-refractivity contribution is 0.0526. The molecule has 0 heterocycles. The van der Waals surface area contributed by atoms with Crippen molar-refractivity contribution in [2.75, 3.05) is 18.0 Å². The Balaban J connectivity index is 1.71. The third kappa shape index (κ3) is 5.10. The average molecular weight is 439 g/mol. The van der Waals surface area contributed by atoms with Crippen molar-refractivity contribution in [2.45, 2.75) is 11.8 Å². The first-order valence-electron chi connectivity index (χ1n) is 9.46. The van der Waals surface area contributed by atoms with E-state index in [-0.39, 0.29) is 22.8 Å². The summed E-state index contributed by atoms with van der Waals surface area (Å²) in [5.74, 6) is -0.861. The van der Waals surface area contributed by atoms with E-state index < -0.39 is 22.0 Å². The summed E-state index contributed by atoms with van der Waals surface area (Å²) in [5.41, 5.74) is 1.06. The van der Waals surface area contributed by atoms with Crippen LogP contribution in [0.15, 0.2) is 83.8 Å².